The fourth-order valence-electron chi connectivity index (χ4n) is 8.29. The molecular weight excluding hydrogens is 896 g/mol. The topological polar surface area (TPSA) is 305 Å². The molecule has 366 valence electrons. The summed E-state index contributed by atoms with van der Waals surface area (Å²) in [4.78, 5) is 113. The molecule has 0 amide bonds. The van der Waals surface area contributed by atoms with Crippen LogP contribution < -0.4 is 9.47 Å². The Bertz CT molecular complexity index is 2290. The van der Waals surface area contributed by atoms with Crippen LogP contribution in [-0.2, 0) is 92.1 Å². The lowest BCUT2D eigenvalue weighted by Gasteiger charge is -2.46. The summed E-state index contributed by atoms with van der Waals surface area (Å²) >= 11 is 0. The van der Waals surface area contributed by atoms with Gasteiger partial charge in [0, 0.05) is 73.8 Å². The van der Waals surface area contributed by atoms with Gasteiger partial charge in [-0.15, -0.1) is 0 Å². The molecule has 0 radical (unpaired) electrons. The molecule has 2 fully saturated rings. The second kappa shape index (κ2) is 21.5. The molecule has 2 aliphatic heterocycles. The molecule has 23 heteroatoms. The predicted octanol–water partition coefficient (Wildman–Crippen LogP) is 1.39. The van der Waals surface area contributed by atoms with Crippen molar-refractivity contribution >= 4 is 64.1 Å². The highest BCUT2D eigenvalue weighted by molar-refractivity contribution is 6.09. The van der Waals surface area contributed by atoms with Crippen LogP contribution in [0.25, 0.3) is 10.8 Å². The molecule has 11 atom stereocenters. The molecule has 2 aromatic carbocycles. The zero-order valence-electron chi connectivity index (χ0n) is 38.0. The van der Waals surface area contributed by atoms with Crippen molar-refractivity contribution in [3.63, 3.8) is 0 Å². The van der Waals surface area contributed by atoms with E-state index < -0.39 is 140 Å². The highest BCUT2D eigenvalue weighted by Crippen LogP contribution is 2.46. The molecule has 2 aromatic rings. The van der Waals surface area contributed by atoms with E-state index in [2.05, 4.69) is 0 Å². The van der Waals surface area contributed by atoms with Crippen molar-refractivity contribution in [3.8, 4) is 17.2 Å². The lowest BCUT2D eigenvalue weighted by atomic mass is 9.76. The first kappa shape index (κ1) is 51.6. The number of carbonyl (C=O) groups is 9. The Hall–Kier alpha value is -6.43. The Kier molecular flexibility index (Phi) is 16.5. The minimum Gasteiger partial charge on any atom is -0.506 e. The van der Waals surface area contributed by atoms with Crippen LogP contribution in [-0.4, -0.2) is 151 Å². The van der Waals surface area contributed by atoms with Gasteiger partial charge in [0.25, 0.3) is 0 Å². The average molecular weight is 949 g/mol. The van der Waals surface area contributed by atoms with Crippen molar-refractivity contribution in [2.75, 3.05) is 20.3 Å². The third kappa shape index (κ3) is 12.7. The molecule has 0 aromatic heterocycles. The van der Waals surface area contributed by atoms with Crippen LogP contribution in [0.5, 0.6) is 17.2 Å². The Morgan fingerprint density at radius 2 is 1.10 bits per heavy atom. The van der Waals surface area contributed by atoms with Crippen molar-refractivity contribution in [3.05, 3.63) is 29.3 Å². The number of ether oxygens (including phenoxy) is 12. The zero-order valence-corrected chi connectivity index (χ0v) is 38.0. The molecule has 5 rings (SSSR count). The largest absolute Gasteiger partial charge is 0.506 e. The van der Waals surface area contributed by atoms with Crippen molar-refractivity contribution in [2.24, 2.45) is 0 Å². The van der Waals surface area contributed by atoms with E-state index in [1.807, 2.05) is 0 Å². The first-order valence-corrected chi connectivity index (χ1v) is 20.8. The summed E-state index contributed by atoms with van der Waals surface area (Å²) in [6, 6.07) is 4.28. The Morgan fingerprint density at radius 3 is 1.60 bits per heavy atom. The molecule has 67 heavy (non-hydrogen) atoms. The van der Waals surface area contributed by atoms with Crippen LogP contribution in [0.3, 0.4) is 0 Å². The van der Waals surface area contributed by atoms with E-state index in [0.717, 1.165) is 48.5 Å². The summed E-state index contributed by atoms with van der Waals surface area (Å²) in [6.45, 7) is 7.08. The standard InChI is InChI=1S/C44H52O23/c1-18(45)13-44(55)14-27-10-26-11-28(56-9)12-30(34(26)35(54)33(27)29(53)15-44)65-43-41(64-25(8)52)39(62-23(6)50)37(60-21(4)48)32(67-43)17-58-42-40(63-24(7)51)38(61-22(5)49)36(59-20(3)47)31(66-42)16-57-19(2)46/h10-12,31-32,36-43,54-55H,13-17H2,1-9H3/t31-,32-,36-,37-,38+,39+,40-,41-,42-,43-,44-/m1/s1. The fraction of sp³-hybridized carbons (Fsp3) is 0.568. The van der Waals surface area contributed by atoms with Crippen LogP contribution in [0, 0.1) is 0 Å². The van der Waals surface area contributed by atoms with E-state index in [1.54, 1.807) is 0 Å². The third-order valence-corrected chi connectivity index (χ3v) is 10.4. The lowest BCUT2D eigenvalue weighted by molar-refractivity contribution is -0.327. The number of aromatic hydroxyl groups is 1. The van der Waals surface area contributed by atoms with Gasteiger partial charge in [-0.2, -0.15) is 0 Å². The van der Waals surface area contributed by atoms with Gasteiger partial charge in [-0.3, -0.25) is 43.2 Å². The molecular formula is C44H52O23. The van der Waals surface area contributed by atoms with Crippen LogP contribution in [0.1, 0.15) is 84.2 Å². The smallest absolute Gasteiger partial charge is 0.303 e. The molecule has 0 unspecified atom stereocenters. The molecule has 23 nitrogen and oxygen atoms in total. The second-order valence-corrected chi connectivity index (χ2v) is 16.1. The highest BCUT2D eigenvalue weighted by Gasteiger charge is 2.56. The first-order chi connectivity index (χ1) is 31.4. The SMILES string of the molecule is COc1cc(O[C@@H]2O[C@H](CO[C@@H]3O[C@H](COC(C)=O)[C@@H](OC(C)=O)[C@H](OC(C)=O)[C@H]3OC(C)=O)[C@@H](OC(C)=O)[C@H](OC(C)=O)[C@H]2OC(C)=O)c2c(O)c3c(cc2c1)C[C@](O)(CC(C)=O)CC3=O. The first-order valence-electron chi connectivity index (χ1n) is 20.8. The van der Waals surface area contributed by atoms with Gasteiger partial charge >= 0.3 is 41.8 Å². The number of hydrogen-bond acceptors (Lipinski definition) is 23. The number of rotatable bonds is 16. The Labute approximate surface area is 382 Å². The summed E-state index contributed by atoms with van der Waals surface area (Å²) in [5.74, 6) is -8.14. The normalized spacial score (nSPS) is 27.9. The molecule has 0 saturated carbocycles. The highest BCUT2D eigenvalue weighted by atomic mass is 16.8. The monoisotopic (exact) mass is 948 g/mol. The van der Waals surface area contributed by atoms with Gasteiger partial charge in [-0.1, -0.05) is 0 Å². The summed E-state index contributed by atoms with van der Waals surface area (Å²) in [7, 11) is 1.32. The number of Topliss-reactive ketones (excluding diaryl/α,β-unsaturated/α-hetero) is 2. The molecule has 0 spiro atoms. The number of phenols is 1. The summed E-state index contributed by atoms with van der Waals surface area (Å²) in [5, 5.41) is 23.2. The van der Waals surface area contributed by atoms with Gasteiger partial charge in [-0.25, -0.2) is 0 Å². The predicted molar refractivity (Wildman–Crippen MR) is 219 cm³/mol. The van der Waals surface area contributed by atoms with Crippen molar-refractivity contribution < 1.29 is 110 Å². The maximum Gasteiger partial charge on any atom is 0.303 e. The number of phenolic OH excluding ortho intramolecular Hbond substituents is 1. The molecule has 1 aliphatic carbocycles. The number of ketones is 2. The maximum atomic E-state index is 13.6. The number of methoxy groups -OCH3 is 1. The van der Waals surface area contributed by atoms with Gasteiger partial charge in [0.05, 0.1) is 30.3 Å². The van der Waals surface area contributed by atoms with E-state index in [1.165, 1.54) is 32.2 Å². The van der Waals surface area contributed by atoms with Crippen LogP contribution in [0.15, 0.2) is 18.2 Å². The number of benzene rings is 2. The Balaban J connectivity index is 1.62. The van der Waals surface area contributed by atoms with Gasteiger partial charge < -0.3 is 67.1 Å². The number of carbonyl (C=O) groups excluding carboxylic acids is 9. The quantitative estimate of drug-likeness (QED) is 0.177. The Morgan fingerprint density at radius 1 is 0.627 bits per heavy atom. The van der Waals surface area contributed by atoms with Crippen molar-refractivity contribution in [1.29, 1.82) is 0 Å². The summed E-state index contributed by atoms with van der Waals surface area (Å²) in [5.41, 5.74) is -1.67. The fourth-order valence-corrected chi connectivity index (χ4v) is 8.29. The summed E-state index contributed by atoms with van der Waals surface area (Å²) < 4.78 is 68.7. The van der Waals surface area contributed by atoms with Crippen LogP contribution >= 0.6 is 0 Å². The van der Waals surface area contributed by atoms with Crippen LogP contribution in [0.4, 0.5) is 0 Å². The van der Waals surface area contributed by atoms with Gasteiger partial charge in [0.1, 0.15) is 41.8 Å². The van der Waals surface area contributed by atoms with Gasteiger partial charge in [0.15, 0.2) is 42.6 Å². The van der Waals surface area contributed by atoms with Crippen molar-refractivity contribution in [2.45, 2.75) is 142 Å². The van der Waals surface area contributed by atoms with E-state index in [4.69, 9.17) is 56.8 Å². The van der Waals surface area contributed by atoms with E-state index in [-0.39, 0.29) is 52.0 Å². The molecule has 2 heterocycles. The molecule has 2 N–H and O–H groups in total. The number of hydrogen-bond donors (Lipinski definition) is 2. The van der Waals surface area contributed by atoms with Gasteiger partial charge in [-0.05, 0) is 30.0 Å². The van der Waals surface area contributed by atoms with E-state index in [9.17, 15) is 53.4 Å². The molecule has 2 saturated heterocycles. The van der Waals surface area contributed by atoms with Crippen LogP contribution in [0.2, 0.25) is 0 Å². The summed E-state index contributed by atoms with van der Waals surface area (Å²) in [6.07, 6.45) is -17.8. The van der Waals surface area contributed by atoms with Gasteiger partial charge in [0.2, 0.25) is 12.4 Å². The van der Waals surface area contributed by atoms with E-state index >= 15 is 0 Å². The van der Waals surface area contributed by atoms with E-state index in [0.29, 0.717) is 0 Å². The zero-order chi connectivity index (χ0) is 49.7. The van der Waals surface area contributed by atoms with Crippen molar-refractivity contribution in [1.82, 2.24) is 0 Å². The second-order valence-electron chi connectivity index (χ2n) is 16.1. The minimum atomic E-state index is -1.87. The third-order valence-electron chi connectivity index (χ3n) is 10.4. The minimum absolute atomic E-state index is 0.0912. The average Bonchev–Trinajstić information content (AvgIpc) is 3.18. The number of esters is 7. The molecule has 0 bridgehead atoms. The molecule has 3 aliphatic rings. The maximum absolute atomic E-state index is 13.6. The lowest BCUT2D eigenvalue weighted by Crippen LogP contribution is -2.65. The number of fused-ring (bicyclic) bond motifs is 2. The number of aliphatic hydroxyl groups is 1.